The average molecular weight is 418 g/mol. The van der Waals surface area contributed by atoms with E-state index in [4.69, 9.17) is 4.74 Å². The van der Waals surface area contributed by atoms with Gasteiger partial charge in [-0.2, -0.15) is 0 Å². The fourth-order valence-electron chi connectivity index (χ4n) is 5.04. The molecule has 0 saturated heterocycles. The summed E-state index contributed by atoms with van der Waals surface area (Å²) in [5.74, 6) is -2.56. The van der Waals surface area contributed by atoms with Crippen LogP contribution in [-0.4, -0.2) is 29.1 Å². The molecule has 0 aromatic carbocycles. The van der Waals surface area contributed by atoms with Gasteiger partial charge in [-0.1, -0.05) is 19.1 Å². The fraction of sp³-hybridized carbons (Fsp3) is 0.591. The molecule has 3 aliphatic rings. The molecule has 156 valence electrons. The molecule has 5 atom stereocenters. The van der Waals surface area contributed by atoms with Crippen molar-refractivity contribution in [1.82, 2.24) is 0 Å². The number of carboxylic acid groups (broad SMARTS) is 1. The van der Waals surface area contributed by atoms with Crippen molar-refractivity contribution in [2.24, 2.45) is 29.6 Å². The first-order chi connectivity index (χ1) is 13.8. The lowest BCUT2D eigenvalue weighted by atomic mass is 9.82. The Morgan fingerprint density at radius 3 is 2.55 bits per heavy atom. The zero-order valence-corrected chi connectivity index (χ0v) is 17.8. The zero-order chi connectivity index (χ0) is 20.9. The van der Waals surface area contributed by atoms with Crippen LogP contribution in [0.2, 0.25) is 0 Å². The Morgan fingerprint density at radius 1 is 1.21 bits per heavy atom. The molecule has 2 bridgehead atoms. The summed E-state index contributed by atoms with van der Waals surface area (Å²) >= 11 is 1.44. The number of amides is 1. The molecule has 0 radical (unpaired) electrons. The number of thiophene rings is 1. The van der Waals surface area contributed by atoms with Crippen LogP contribution < -0.4 is 5.32 Å². The van der Waals surface area contributed by atoms with Gasteiger partial charge >= 0.3 is 11.9 Å². The van der Waals surface area contributed by atoms with Crippen LogP contribution in [0.25, 0.3) is 0 Å². The highest BCUT2D eigenvalue weighted by Gasteiger charge is 2.51. The van der Waals surface area contributed by atoms with Gasteiger partial charge in [0.25, 0.3) is 0 Å². The molecular weight excluding hydrogens is 390 g/mol. The predicted octanol–water partition coefficient (Wildman–Crippen LogP) is 3.90. The minimum atomic E-state index is -0.930. The molecule has 4 rings (SSSR count). The maximum absolute atomic E-state index is 13.1. The van der Waals surface area contributed by atoms with Gasteiger partial charge in [-0.05, 0) is 62.8 Å². The van der Waals surface area contributed by atoms with E-state index in [2.05, 4.69) is 12.2 Å². The van der Waals surface area contributed by atoms with Gasteiger partial charge < -0.3 is 15.2 Å². The summed E-state index contributed by atoms with van der Waals surface area (Å²) in [7, 11) is 0. The average Bonchev–Trinajstić information content (AvgIpc) is 3.32. The van der Waals surface area contributed by atoms with Gasteiger partial charge in [0.05, 0.1) is 23.5 Å². The molecule has 3 aliphatic carbocycles. The highest BCUT2D eigenvalue weighted by Crippen LogP contribution is 2.49. The van der Waals surface area contributed by atoms with E-state index in [1.807, 2.05) is 12.2 Å². The Balaban J connectivity index is 1.64. The molecule has 1 amide bonds. The highest BCUT2D eigenvalue weighted by atomic mass is 32.1. The topological polar surface area (TPSA) is 92.7 Å². The Hall–Kier alpha value is -2.15. The lowest BCUT2D eigenvalue weighted by molar-refractivity contribution is -0.146. The standard InChI is InChI=1S/C22H27NO5S/c1-10(2)28-22(27)18-14-7-4-11(3)8-15(14)29-20(18)23-19(24)16-12-5-6-13(9-12)17(16)21(25)26/h5-6,10-13,16-17H,4,7-9H2,1-3H3,(H,23,24)(H,25,26)/t11-,12-,13+,16+,17+/m1/s1. The molecule has 0 spiro atoms. The molecule has 1 saturated carbocycles. The second-order valence-corrected chi connectivity index (χ2v) is 9.94. The largest absolute Gasteiger partial charge is 0.481 e. The van der Waals surface area contributed by atoms with E-state index in [0.29, 0.717) is 22.9 Å². The Bertz CT molecular complexity index is 886. The maximum atomic E-state index is 13.1. The second-order valence-electron chi connectivity index (χ2n) is 8.84. The minimum absolute atomic E-state index is 0.0539. The van der Waals surface area contributed by atoms with Crippen LogP contribution in [0.1, 0.15) is 54.4 Å². The molecule has 2 N–H and O–H groups in total. The van der Waals surface area contributed by atoms with E-state index >= 15 is 0 Å². The van der Waals surface area contributed by atoms with Crippen LogP contribution >= 0.6 is 11.3 Å². The van der Waals surface area contributed by atoms with Gasteiger partial charge in [-0.3, -0.25) is 9.59 Å². The first kappa shape index (κ1) is 20.1. The molecule has 1 heterocycles. The predicted molar refractivity (Wildman–Crippen MR) is 110 cm³/mol. The summed E-state index contributed by atoms with van der Waals surface area (Å²) in [5, 5.41) is 13.1. The van der Waals surface area contributed by atoms with Crippen molar-refractivity contribution in [3.05, 3.63) is 28.2 Å². The second kappa shape index (κ2) is 7.59. The maximum Gasteiger partial charge on any atom is 0.341 e. The Morgan fingerprint density at radius 2 is 1.90 bits per heavy atom. The van der Waals surface area contributed by atoms with Crippen LogP contribution in [0, 0.1) is 29.6 Å². The number of hydrogen-bond acceptors (Lipinski definition) is 5. The summed E-state index contributed by atoms with van der Waals surface area (Å²) < 4.78 is 5.46. The summed E-state index contributed by atoms with van der Waals surface area (Å²) in [5.41, 5.74) is 1.45. The number of anilines is 1. The van der Waals surface area contributed by atoms with E-state index in [9.17, 15) is 19.5 Å². The van der Waals surface area contributed by atoms with Crippen molar-refractivity contribution in [1.29, 1.82) is 0 Å². The van der Waals surface area contributed by atoms with Crippen molar-refractivity contribution in [2.45, 2.75) is 52.6 Å². The molecule has 6 nitrogen and oxygen atoms in total. The van der Waals surface area contributed by atoms with Gasteiger partial charge in [-0.25, -0.2) is 4.79 Å². The molecule has 1 aromatic heterocycles. The Labute approximate surface area is 174 Å². The first-order valence-electron chi connectivity index (χ1n) is 10.3. The smallest absolute Gasteiger partial charge is 0.341 e. The lowest BCUT2D eigenvalue weighted by Crippen LogP contribution is -2.36. The van der Waals surface area contributed by atoms with Crippen LogP contribution in [0.3, 0.4) is 0 Å². The summed E-state index contributed by atoms with van der Waals surface area (Å²) in [6, 6.07) is 0. The third-order valence-electron chi connectivity index (χ3n) is 6.34. The normalized spacial score (nSPS) is 29.7. The van der Waals surface area contributed by atoms with Gasteiger partial charge in [0.15, 0.2) is 0 Å². The van der Waals surface area contributed by atoms with Crippen molar-refractivity contribution in [2.75, 3.05) is 5.32 Å². The summed E-state index contributed by atoms with van der Waals surface area (Å²) in [6.45, 7) is 5.79. The monoisotopic (exact) mass is 417 g/mol. The van der Waals surface area contributed by atoms with E-state index in [-0.39, 0.29) is 23.8 Å². The number of nitrogens with one attached hydrogen (secondary N) is 1. The lowest BCUT2D eigenvalue weighted by Gasteiger charge is -2.23. The van der Waals surface area contributed by atoms with Gasteiger partial charge in [0.1, 0.15) is 5.00 Å². The van der Waals surface area contributed by atoms with Crippen molar-refractivity contribution < 1.29 is 24.2 Å². The molecule has 1 aromatic rings. The Kier molecular flexibility index (Phi) is 5.27. The summed E-state index contributed by atoms with van der Waals surface area (Å²) in [4.78, 5) is 38.8. The van der Waals surface area contributed by atoms with Crippen LogP contribution in [0.5, 0.6) is 0 Å². The van der Waals surface area contributed by atoms with Crippen LogP contribution in [-0.2, 0) is 27.2 Å². The molecule has 29 heavy (non-hydrogen) atoms. The number of fused-ring (bicyclic) bond motifs is 3. The van der Waals surface area contributed by atoms with E-state index < -0.39 is 23.8 Å². The molecule has 1 fully saturated rings. The third-order valence-corrected chi connectivity index (χ3v) is 7.51. The van der Waals surface area contributed by atoms with Crippen LogP contribution in [0.4, 0.5) is 5.00 Å². The number of carboxylic acids is 1. The van der Waals surface area contributed by atoms with E-state index in [1.165, 1.54) is 11.3 Å². The van der Waals surface area contributed by atoms with Gasteiger partial charge in [0.2, 0.25) is 5.91 Å². The molecule has 0 aliphatic heterocycles. The van der Waals surface area contributed by atoms with Crippen molar-refractivity contribution in [3.8, 4) is 0 Å². The van der Waals surface area contributed by atoms with Crippen molar-refractivity contribution in [3.63, 3.8) is 0 Å². The fourth-order valence-corrected chi connectivity index (χ4v) is 6.44. The van der Waals surface area contributed by atoms with Gasteiger partial charge in [-0.15, -0.1) is 11.3 Å². The number of hydrogen-bond donors (Lipinski definition) is 2. The van der Waals surface area contributed by atoms with Gasteiger partial charge in [0, 0.05) is 4.88 Å². The highest BCUT2D eigenvalue weighted by molar-refractivity contribution is 7.17. The number of carbonyl (C=O) groups excluding carboxylic acids is 2. The third kappa shape index (κ3) is 3.61. The first-order valence-corrected chi connectivity index (χ1v) is 11.2. The minimum Gasteiger partial charge on any atom is -0.481 e. The number of ether oxygens (including phenoxy) is 1. The van der Waals surface area contributed by atoms with Crippen molar-refractivity contribution >= 4 is 34.2 Å². The molecule has 7 heteroatoms. The zero-order valence-electron chi connectivity index (χ0n) is 16.9. The number of esters is 1. The van der Waals surface area contributed by atoms with E-state index in [0.717, 1.165) is 29.7 Å². The van der Waals surface area contributed by atoms with Crippen LogP contribution in [0.15, 0.2) is 12.2 Å². The molecular formula is C22H27NO5S. The number of carbonyl (C=O) groups is 3. The SMILES string of the molecule is CC(C)OC(=O)c1c(NC(=O)[C@@H]2[C@@H](C(=O)O)[C@H]3C=C[C@@H]2C3)sc2c1CC[C@@H](C)C2. The number of aliphatic carboxylic acids is 1. The van der Waals surface area contributed by atoms with E-state index in [1.54, 1.807) is 13.8 Å². The molecule has 0 unspecified atom stereocenters. The quantitative estimate of drug-likeness (QED) is 0.560. The number of rotatable bonds is 5. The number of allylic oxidation sites excluding steroid dienone is 2. The summed E-state index contributed by atoms with van der Waals surface area (Å²) in [6.07, 6.45) is 7.00.